The van der Waals surface area contributed by atoms with Gasteiger partial charge in [0.2, 0.25) is 4.34 Å². The number of aromatic nitrogens is 1. The summed E-state index contributed by atoms with van der Waals surface area (Å²) in [5, 5.41) is 2.02. The molecular formula is C21H22ClFN2O3S2. The minimum absolute atomic E-state index is 0.0971. The van der Waals surface area contributed by atoms with Gasteiger partial charge in [0.1, 0.15) is 18.5 Å². The van der Waals surface area contributed by atoms with Crippen LogP contribution in [0.4, 0.5) is 10.1 Å². The predicted octanol–water partition coefficient (Wildman–Crippen LogP) is 5.55. The summed E-state index contributed by atoms with van der Waals surface area (Å²) in [6.07, 6.45) is -1.40. The van der Waals surface area contributed by atoms with E-state index in [-0.39, 0.29) is 28.9 Å². The molecular weight excluding hydrogens is 447 g/mol. The average molecular weight is 469 g/mol. The summed E-state index contributed by atoms with van der Waals surface area (Å²) in [5.41, 5.74) is 2.83. The number of aryl methyl sites for hydroxylation is 2. The summed E-state index contributed by atoms with van der Waals surface area (Å²) >= 11 is 7.13. The van der Waals surface area contributed by atoms with Crippen molar-refractivity contribution in [3.63, 3.8) is 0 Å². The fourth-order valence-electron chi connectivity index (χ4n) is 2.75. The molecule has 9 heteroatoms. The van der Waals surface area contributed by atoms with Crippen LogP contribution >= 0.6 is 22.9 Å². The second kappa shape index (κ2) is 9.32. The molecule has 1 atom stereocenters. The first-order valence-corrected chi connectivity index (χ1v) is 11.9. The van der Waals surface area contributed by atoms with Gasteiger partial charge >= 0.3 is 0 Å². The highest BCUT2D eigenvalue weighted by molar-refractivity contribution is 7.94. The van der Waals surface area contributed by atoms with Crippen molar-refractivity contribution in [1.29, 1.82) is 0 Å². The number of thiazole rings is 1. The number of benzene rings is 2. The maximum Gasteiger partial charge on any atom is 0.291 e. The summed E-state index contributed by atoms with van der Waals surface area (Å²) in [6, 6.07) is 12.4. The highest BCUT2D eigenvalue weighted by atomic mass is 35.5. The van der Waals surface area contributed by atoms with Gasteiger partial charge in [-0.1, -0.05) is 41.4 Å². The zero-order valence-corrected chi connectivity index (χ0v) is 19.2. The highest BCUT2D eigenvalue weighted by Crippen LogP contribution is 2.36. The van der Waals surface area contributed by atoms with Gasteiger partial charge in [-0.2, -0.15) is 8.42 Å². The van der Waals surface area contributed by atoms with Gasteiger partial charge in [0, 0.05) is 22.2 Å². The molecule has 1 heterocycles. The maximum atomic E-state index is 14.0. The number of alkyl halides is 1. The number of hydrogen-bond acceptors (Lipinski definition) is 5. The number of halogens is 2. The first-order valence-electron chi connectivity index (χ1n) is 9.23. The zero-order chi connectivity index (χ0) is 21.9. The van der Waals surface area contributed by atoms with Gasteiger partial charge in [0.15, 0.2) is 0 Å². The highest BCUT2D eigenvalue weighted by Gasteiger charge is 2.31. The molecule has 0 bridgehead atoms. The lowest BCUT2D eigenvalue weighted by atomic mass is 10.2. The third-order valence-electron chi connectivity index (χ3n) is 4.23. The summed E-state index contributed by atoms with van der Waals surface area (Å²) < 4.78 is 47.3. The molecule has 160 valence electrons. The quantitative estimate of drug-likeness (QED) is 0.435. The van der Waals surface area contributed by atoms with E-state index in [0.717, 1.165) is 26.8 Å². The molecule has 0 saturated heterocycles. The van der Waals surface area contributed by atoms with E-state index >= 15 is 0 Å². The lowest BCUT2D eigenvalue weighted by Gasteiger charge is -2.26. The fraction of sp³-hybridized carbons (Fsp3) is 0.286. The van der Waals surface area contributed by atoms with Crippen molar-refractivity contribution < 1.29 is 17.5 Å². The van der Waals surface area contributed by atoms with Gasteiger partial charge in [0.05, 0.1) is 12.2 Å². The van der Waals surface area contributed by atoms with E-state index in [2.05, 4.69) is 4.98 Å². The van der Waals surface area contributed by atoms with Crippen molar-refractivity contribution in [2.75, 3.05) is 10.8 Å². The number of sulfonamides is 1. The molecule has 0 fully saturated rings. The third-order valence-corrected chi connectivity index (χ3v) is 7.60. The van der Waals surface area contributed by atoms with Crippen molar-refractivity contribution in [2.45, 2.75) is 37.9 Å². The van der Waals surface area contributed by atoms with E-state index in [1.165, 1.54) is 19.1 Å². The largest absolute Gasteiger partial charge is 0.487 e. The third kappa shape index (κ3) is 5.30. The Labute approximate surface area is 185 Å². The SMILES string of the molecule is Cc1ccc(COc2cc(Cl)ccc2N(CC(C)F)S(=O)(=O)c2nc(C)cs2)cc1. The Kier molecular flexibility index (Phi) is 7.00. The van der Waals surface area contributed by atoms with Crippen molar-refractivity contribution in [1.82, 2.24) is 4.98 Å². The van der Waals surface area contributed by atoms with Crippen LogP contribution in [0.15, 0.2) is 52.2 Å². The molecule has 5 nitrogen and oxygen atoms in total. The molecule has 30 heavy (non-hydrogen) atoms. The number of hydrogen-bond donors (Lipinski definition) is 0. The summed E-state index contributed by atoms with van der Waals surface area (Å²) in [7, 11) is -4.07. The van der Waals surface area contributed by atoms with Crippen molar-refractivity contribution in [2.24, 2.45) is 0 Å². The van der Waals surface area contributed by atoms with Crippen LogP contribution in [-0.2, 0) is 16.6 Å². The van der Waals surface area contributed by atoms with E-state index in [1.54, 1.807) is 18.4 Å². The molecule has 1 aromatic heterocycles. The van der Waals surface area contributed by atoms with Gasteiger partial charge in [-0.25, -0.2) is 9.37 Å². The Hall–Kier alpha value is -2.16. The zero-order valence-electron chi connectivity index (χ0n) is 16.8. The molecule has 3 rings (SSSR count). The second-order valence-electron chi connectivity index (χ2n) is 6.96. The Balaban J connectivity index is 2.00. The van der Waals surface area contributed by atoms with Gasteiger partial charge in [-0.15, -0.1) is 11.3 Å². The van der Waals surface area contributed by atoms with Crippen LogP contribution in [-0.4, -0.2) is 26.1 Å². The first-order chi connectivity index (χ1) is 14.2. The Morgan fingerprint density at radius 2 is 1.90 bits per heavy atom. The topological polar surface area (TPSA) is 59.5 Å². The first kappa shape index (κ1) is 22.5. The molecule has 3 aromatic rings. The average Bonchev–Trinajstić information content (AvgIpc) is 3.13. The minimum Gasteiger partial charge on any atom is -0.487 e. The molecule has 0 spiro atoms. The predicted molar refractivity (Wildman–Crippen MR) is 119 cm³/mol. The minimum atomic E-state index is -4.07. The number of ether oxygens (including phenoxy) is 1. The number of nitrogens with zero attached hydrogens (tertiary/aromatic N) is 2. The number of rotatable bonds is 8. The van der Waals surface area contributed by atoms with E-state index in [4.69, 9.17) is 16.3 Å². The fourth-order valence-corrected chi connectivity index (χ4v) is 5.60. The van der Waals surface area contributed by atoms with Crippen LogP contribution in [0.5, 0.6) is 5.75 Å². The lowest BCUT2D eigenvalue weighted by molar-refractivity contribution is 0.306. The van der Waals surface area contributed by atoms with Crippen LogP contribution in [0.25, 0.3) is 0 Å². The molecule has 0 aliphatic rings. The molecule has 0 amide bonds. The maximum absolute atomic E-state index is 14.0. The van der Waals surface area contributed by atoms with E-state index < -0.39 is 16.2 Å². The Morgan fingerprint density at radius 1 is 1.20 bits per heavy atom. The van der Waals surface area contributed by atoms with Crippen molar-refractivity contribution >= 4 is 38.6 Å². The molecule has 0 aliphatic carbocycles. The van der Waals surface area contributed by atoms with Gasteiger partial charge < -0.3 is 4.74 Å². The molecule has 2 aromatic carbocycles. The van der Waals surface area contributed by atoms with Crippen molar-refractivity contribution in [3.8, 4) is 5.75 Å². The molecule has 1 unspecified atom stereocenters. The molecule has 0 saturated carbocycles. The van der Waals surface area contributed by atoms with E-state index in [9.17, 15) is 12.8 Å². The van der Waals surface area contributed by atoms with Gasteiger partial charge in [0.25, 0.3) is 10.0 Å². The van der Waals surface area contributed by atoms with E-state index in [1.807, 2.05) is 31.2 Å². The van der Waals surface area contributed by atoms with Crippen LogP contribution in [0.2, 0.25) is 5.02 Å². The molecule has 0 N–H and O–H groups in total. The van der Waals surface area contributed by atoms with Crippen LogP contribution in [0, 0.1) is 13.8 Å². The molecule has 0 aliphatic heterocycles. The monoisotopic (exact) mass is 468 g/mol. The van der Waals surface area contributed by atoms with Crippen LogP contribution < -0.4 is 9.04 Å². The van der Waals surface area contributed by atoms with Crippen molar-refractivity contribution in [3.05, 3.63) is 69.7 Å². The smallest absolute Gasteiger partial charge is 0.291 e. The lowest BCUT2D eigenvalue weighted by Crippen LogP contribution is -2.35. The number of anilines is 1. The Morgan fingerprint density at radius 3 is 2.50 bits per heavy atom. The second-order valence-corrected chi connectivity index (χ2v) is 10.3. The van der Waals surface area contributed by atoms with Crippen LogP contribution in [0.3, 0.4) is 0 Å². The van der Waals surface area contributed by atoms with Gasteiger partial charge in [-0.3, -0.25) is 4.31 Å². The normalized spacial score (nSPS) is 12.6. The van der Waals surface area contributed by atoms with Gasteiger partial charge in [-0.05, 0) is 38.5 Å². The van der Waals surface area contributed by atoms with E-state index in [0.29, 0.717) is 10.7 Å². The summed E-state index contributed by atoms with van der Waals surface area (Å²) in [5.74, 6) is 0.251. The Bertz CT molecular complexity index is 1120. The van der Waals surface area contributed by atoms with Crippen LogP contribution in [0.1, 0.15) is 23.7 Å². The summed E-state index contributed by atoms with van der Waals surface area (Å²) in [6.45, 7) is 4.84. The molecule has 0 radical (unpaired) electrons. The summed E-state index contributed by atoms with van der Waals surface area (Å²) in [4.78, 5) is 4.08. The standard InChI is InChI=1S/C21H22ClFN2O3S2/c1-14-4-6-17(7-5-14)12-28-20-10-18(22)8-9-19(20)25(11-15(2)23)30(26,27)21-24-16(3)13-29-21/h4-10,13,15H,11-12H2,1-3H3.